The number of nitro groups is 1. The average molecular weight is 383 g/mol. The summed E-state index contributed by atoms with van der Waals surface area (Å²) in [7, 11) is 1.44. The first kappa shape index (κ1) is 19.3. The molecule has 0 radical (unpaired) electrons. The van der Waals surface area contributed by atoms with Crippen molar-refractivity contribution in [2.75, 3.05) is 23.9 Å². The number of nitrogens with one attached hydrogen (secondary N) is 1. The monoisotopic (exact) mass is 383 g/mol. The van der Waals surface area contributed by atoms with Gasteiger partial charge in [0.15, 0.2) is 0 Å². The fourth-order valence-electron chi connectivity index (χ4n) is 3.47. The van der Waals surface area contributed by atoms with Crippen molar-refractivity contribution >= 4 is 28.9 Å². The topological polar surface area (TPSA) is 102 Å². The molecule has 146 valence electrons. The largest absolute Gasteiger partial charge is 0.497 e. The first-order valence-electron chi connectivity index (χ1n) is 8.81. The Hall–Kier alpha value is -3.42. The second kappa shape index (κ2) is 7.67. The molecular formula is C20H21N3O5. The Morgan fingerprint density at radius 3 is 2.54 bits per heavy atom. The lowest BCUT2D eigenvalue weighted by atomic mass is 10.1. The molecule has 0 aromatic heterocycles. The van der Waals surface area contributed by atoms with Crippen molar-refractivity contribution in [3.8, 4) is 5.75 Å². The molecule has 0 spiro atoms. The smallest absolute Gasteiger partial charge is 0.293 e. The maximum Gasteiger partial charge on any atom is 0.293 e. The molecule has 0 unspecified atom stereocenters. The predicted octanol–water partition coefficient (Wildman–Crippen LogP) is 3.21. The van der Waals surface area contributed by atoms with Crippen LogP contribution in [0.15, 0.2) is 36.4 Å². The Balaban J connectivity index is 1.82. The number of amides is 2. The Labute approximate surface area is 162 Å². The number of aryl methyl sites for hydroxylation is 2. The van der Waals surface area contributed by atoms with Crippen molar-refractivity contribution < 1.29 is 19.2 Å². The van der Waals surface area contributed by atoms with Crippen LogP contribution in [0.1, 0.15) is 17.5 Å². The van der Waals surface area contributed by atoms with Gasteiger partial charge in [-0.1, -0.05) is 18.2 Å². The zero-order valence-corrected chi connectivity index (χ0v) is 15.9. The summed E-state index contributed by atoms with van der Waals surface area (Å²) in [5, 5.41) is 13.8. The molecule has 2 aromatic carbocycles. The maximum atomic E-state index is 12.7. The number of benzene rings is 2. The molecule has 1 heterocycles. The Morgan fingerprint density at radius 1 is 1.25 bits per heavy atom. The summed E-state index contributed by atoms with van der Waals surface area (Å²) in [5.74, 6) is -0.783. The minimum atomic E-state index is -0.600. The third kappa shape index (κ3) is 3.66. The van der Waals surface area contributed by atoms with Gasteiger partial charge >= 0.3 is 0 Å². The van der Waals surface area contributed by atoms with E-state index in [-0.39, 0.29) is 30.2 Å². The quantitative estimate of drug-likeness (QED) is 0.631. The predicted molar refractivity (Wildman–Crippen MR) is 105 cm³/mol. The molecule has 1 N–H and O–H groups in total. The van der Waals surface area contributed by atoms with E-state index in [1.165, 1.54) is 25.3 Å². The minimum Gasteiger partial charge on any atom is -0.497 e. The molecule has 2 aromatic rings. The summed E-state index contributed by atoms with van der Waals surface area (Å²) in [6, 6.07) is 9.88. The van der Waals surface area contributed by atoms with Gasteiger partial charge in [-0.05, 0) is 31.0 Å². The number of nitro benzene ring substituents is 1. The van der Waals surface area contributed by atoms with Crippen LogP contribution < -0.4 is 15.0 Å². The van der Waals surface area contributed by atoms with E-state index in [1.54, 1.807) is 4.90 Å². The number of para-hydroxylation sites is 1. The molecule has 1 aliphatic rings. The van der Waals surface area contributed by atoms with Crippen LogP contribution in [0.25, 0.3) is 0 Å². The number of carbonyl (C=O) groups is 2. The third-order valence-electron chi connectivity index (χ3n) is 4.86. The van der Waals surface area contributed by atoms with E-state index in [4.69, 9.17) is 4.74 Å². The van der Waals surface area contributed by atoms with Gasteiger partial charge < -0.3 is 15.0 Å². The fraction of sp³-hybridized carbons (Fsp3) is 0.300. The Kier molecular flexibility index (Phi) is 5.30. The molecule has 1 fully saturated rings. The van der Waals surface area contributed by atoms with Gasteiger partial charge in [0.25, 0.3) is 5.69 Å². The van der Waals surface area contributed by atoms with Gasteiger partial charge in [0.1, 0.15) is 11.4 Å². The lowest BCUT2D eigenvalue weighted by molar-refractivity contribution is -0.383. The molecule has 8 nitrogen and oxygen atoms in total. The van der Waals surface area contributed by atoms with Crippen molar-refractivity contribution in [3.05, 3.63) is 57.6 Å². The highest BCUT2D eigenvalue weighted by Crippen LogP contribution is 2.33. The van der Waals surface area contributed by atoms with Gasteiger partial charge in [-0.3, -0.25) is 19.7 Å². The highest BCUT2D eigenvalue weighted by Gasteiger charge is 2.36. The molecule has 2 amide bonds. The zero-order chi connectivity index (χ0) is 20.4. The molecule has 1 saturated heterocycles. The van der Waals surface area contributed by atoms with Crippen LogP contribution in [-0.2, 0) is 9.59 Å². The first-order chi connectivity index (χ1) is 13.3. The molecule has 0 aliphatic carbocycles. The van der Waals surface area contributed by atoms with E-state index in [0.29, 0.717) is 5.75 Å². The summed E-state index contributed by atoms with van der Waals surface area (Å²) in [6.07, 6.45) is 0.0530. The van der Waals surface area contributed by atoms with E-state index in [2.05, 4.69) is 5.32 Å². The van der Waals surface area contributed by atoms with Crippen LogP contribution in [0, 0.1) is 29.9 Å². The van der Waals surface area contributed by atoms with E-state index in [1.807, 2.05) is 32.0 Å². The summed E-state index contributed by atoms with van der Waals surface area (Å²) < 4.78 is 5.08. The molecule has 1 atom stereocenters. The van der Waals surface area contributed by atoms with E-state index < -0.39 is 16.7 Å². The number of anilines is 2. The molecule has 0 bridgehead atoms. The van der Waals surface area contributed by atoms with E-state index in [0.717, 1.165) is 16.8 Å². The normalized spacial score (nSPS) is 16.2. The number of methoxy groups -OCH3 is 1. The second-order valence-corrected chi connectivity index (χ2v) is 6.78. The number of carbonyl (C=O) groups excluding carboxylic acids is 2. The number of nitrogens with zero attached hydrogens (tertiary/aromatic N) is 2. The lowest BCUT2D eigenvalue weighted by Gasteiger charge is -2.21. The van der Waals surface area contributed by atoms with Gasteiger partial charge in [0.05, 0.1) is 18.0 Å². The van der Waals surface area contributed by atoms with Crippen molar-refractivity contribution in [1.29, 1.82) is 0 Å². The van der Waals surface area contributed by atoms with Crippen molar-refractivity contribution in [2.24, 2.45) is 5.92 Å². The van der Waals surface area contributed by atoms with Crippen LogP contribution in [-0.4, -0.2) is 30.4 Å². The molecule has 3 rings (SSSR count). The van der Waals surface area contributed by atoms with Crippen molar-refractivity contribution in [2.45, 2.75) is 20.3 Å². The summed E-state index contributed by atoms with van der Waals surface area (Å²) in [6.45, 7) is 4.07. The SMILES string of the molecule is COc1ccc([N+](=O)[O-])c(NC(=O)[C@H]2CC(=O)N(c3c(C)cccc3C)C2)c1. The van der Waals surface area contributed by atoms with Crippen LogP contribution in [0.4, 0.5) is 17.1 Å². The average Bonchev–Trinajstić information content (AvgIpc) is 3.03. The van der Waals surface area contributed by atoms with E-state index in [9.17, 15) is 19.7 Å². The summed E-state index contributed by atoms with van der Waals surface area (Å²) >= 11 is 0. The molecule has 28 heavy (non-hydrogen) atoms. The molecule has 1 aliphatic heterocycles. The first-order valence-corrected chi connectivity index (χ1v) is 8.81. The zero-order valence-electron chi connectivity index (χ0n) is 15.9. The van der Waals surface area contributed by atoms with Gasteiger partial charge in [-0.15, -0.1) is 0 Å². The number of rotatable bonds is 5. The highest BCUT2D eigenvalue weighted by atomic mass is 16.6. The Morgan fingerprint density at radius 2 is 1.93 bits per heavy atom. The Bertz CT molecular complexity index is 937. The minimum absolute atomic E-state index is 0.0484. The maximum absolute atomic E-state index is 12.7. The molecule has 8 heteroatoms. The summed E-state index contributed by atoms with van der Waals surface area (Å²) in [4.78, 5) is 37.6. The standard InChI is InChI=1S/C20H21N3O5/c1-12-5-4-6-13(2)19(12)22-11-14(9-18(22)24)20(25)21-16-10-15(28-3)7-8-17(16)23(26)27/h4-8,10,14H,9,11H2,1-3H3,(H,21,25)/t14-/m0/s1. The lowest BCUT2D eigenvalue weighted by Crippen LogP contribution is -2.29. The fourth-order valence-corrected chi connectivity index (χ4v) is 3.47. The number of ether oxygens (including phenoxy) is 1. The number of hydrogen-bond acceptors (Lipinski definition) is 5. The van der Waals surface area contributed by atoms with Crippen molar-refractivity contribution in [3.63, 3.8) is 0 Å². The van der Waals surface area contributed by atoms with Crippen molar-refractivity contribution in [1.82, 2.24) is 0 Å². The van der Waals surface area contributed by atoms with E-state index >= 15 is 0 Å². The second-order valence-electron chi connectivity index (χ2n) is 6.78. The highest BCUT2D eigenvalue weighted by molar-refractivity contribution is 6.04. The van der Waals surface area contributed by atoms with Gasteiger partial charge in [-0.2, -0.15) is 0 Å². The van der Waals surface area contributed by atoms with Crippen LogP contribution in [0.2, 0.25) is 0 Å². The molecular weight excluding hydrogens is 362 g/mol. The van der Waals surface area contributed by atoms with Gasteiger partial charge in [0.2, 0.25) is 11.8 Å². The summed E-state index contributed by atoms with van der Waals surface area (Å²) in [5.41, 5.74) is 2.54. The molecule has 0 saturated carbocycles. The number of hydrogen-bond donors (Lipinski definition) is 1. The van der Waals surface area contributed by atoms with Crippen LogP contribution in [0.5, 0.6) is 5.75 Å². The van der Waals surface area contributed by atoms with Gasteiger partial charge in [0, 0.05) is 30.8 Å². The van der Waals surface area contributed by atoms with Gasteiger partial charge in [-0.25, -0.2) is 0 Å². The third-order valence-corrected chi connectivity index (χ3v) is 4.86. The van der Waals surface area contributed by atoms with Crippen LogP contribution in [0.3, 0.4) is 0 Å². The van der Waals surface area contributed by atoms with Crippen LogP contribution >= 0.6 is 0 Å².